The lowest BCUT2D eigenvalue weighted by atomic mass is 10.1. The summed E-state index contributed by atoms with van der Waals surface area (Å²) in [6, 6.07) is 5.30. The van der Waals surface area contributed by atoms with Crippen LogP contribution in [0.15, 0.2) is 23.1 Å². The molecule has 0 amide bonds. The van der Waals surface area contributed by atoms with Gasteiger partial charge in [0.15, 0.2) is 0 Å². The lowest BCUT2D eigenvalue weighted by molar-refractivity contribution is -0.119. The molecule has 1 rings (SSSR count). The number of halogens is 2. The lowest BCUT2D eigenvalue weighted by Crippen LogP contribution is -2.09. The number of thioether (sulfide) groups is 1. The molecule has 0 atom stereocenters. The Kier molecular flexibility index (Phi) is 4.97. The molecule has 0 spiro atoms. The summed E-state index contributed by atoms with van der Waals surface area (Å²) in [6.45, 7) is 3.79. The first-order valence-electron chi connectivity index (χ1n) is 4.60. The Balaban J connectivity index is 2.61. The molecule has 1 aromatic carbocycles. The van der Waals surface area contributed by atoms with Gasteiger partial charge >= 0.3 is 0 Å². The zero-order valence-corrected chi connectivity index (χ0v) is 10.9. The molecule has 4 heteroatoms. The van der Waals surface area contributed by atoms with Crippen molar-refractivity contribution in [1.82, 2.24) is 0 Å². The van der Waals surface area contributed by atoms with Crippen LogP contribution in [0.2, 0.25) is 10.0 Å². The monoisotopic (exact) mass is 262 g/mol. The van der Waals surface area contributed by atoms with Crippen LogP contribution >= 0.6 is 35.0 Å². The Morgan fingerprint density at radius 2 is 1.80 bits per heavy atom. The van der Waals surface area contributed by atoms with Crippen molar-refractivity contribution in [2.45, 2.75) is 18.7 Å². The Bertz CT molecular complexity index is 343. The summed E-state index contributed by atoms with van der Waals surface area (Å²) in [5.41, 5.74) is 0. The first-order valence-corrected chi connectivity index (χ1v) is 6.35. The number of benzene rings is 1. The highest BCUT2D eigenvalue weighted by Gasteiger charge is 2.08. The molecule has 0 unspecified atom stereocenters. The summed E-state index contributed by atoms with van der Waals surface area (Å²) in [5, 5.41) is 1.20. The lowest BCUT2D eigenvalue weighted by Gasteiger charge is -2.04. The number of hydrogen-bond acceptors (Lipinski definition) is 2. The maximum Gasteiger partial charge on any atom is 0.145 e. The van der Waals surface area contributed by atoms with Crippen molar-refractivity contribution in [3.63, 3.8) is 0 Å². The zero-order valence-electron chi connectivity index (χ0n) is 8.59. The maximum atomic E-state index is 11.4. The topological polar surface area (TPSA) is 17.1 Å². The van der Waals surface area contributed by atoms with Gasteiger partial charge in [0, 0.05) is 20.9 Å². The molecule has 0 saturated carbocycles. The summed E-state index contributed by atoms with van der Waals surface area (Å²) in [4.78, 5) is 12.3. The zero-order chi connectivity index (χ0) is 11.4. The van der Waals surface area contributed by atoms with Crippen LogP contribution in [0.3, 0.4) is 0 Å². The van der Waals surface area contributed by atoms with Crippen molar-refractivity contribution in [3.8, 4) is 0 Å². The van der Waals surface area contributed by atoms with Gasteiger partial charge in [0.05, 0.1) is 5.75 Å². The van der Waals surface area contributed by atoms with E-state index in [0.29, 0.717) is 15.8 Å². The molecule has 0 heterocycles. The molecule has 1 nitrogen and oxygen atoms in total. The van der Waals surface area contributed by atoms with Crippen LogP contribution in [0.1, 0.15) is 13.8 Å². The summed E-state index contributed by atoms with van der Waals surface area (Å²) in [7, 11) is 0. The van der Waals surface area contributed by atoms with E-state index in [2.05, 4.69) is 0 Å². The van der Waals surface area contributed by atoms with E-state index in [1.165, 1.54) is 11.8 Å². The Labute approximate surface area is 104 Å². The molecule has 82 valence electrons. The van der Waals surface area contributed by atoms with Gasteiger partial charge < -0.3 is 0 Å². The fourth-order valence-corrected chi connectivity index (χ4v) is 2.65. The predicted molar refractivity (Wildman–Crippen MR) is 67.0 cm³/mol. The molecule has 1 aromatic rings. The fourth-order valence-electron chi connectivity index (χ4n) is 0.933. The Morgan fingerprint density at radius 1 is 1.27 bits per heavy atom. The molecule has 0 aliphatic carbocycles. The summed E-state index contributed by atoms with van der Waals surface area (Å²) < 4.78 is 0. The highest BCUT2D eigenvalue weighted by molar-refractivity contribution is 8.00. The van der Waals surface area contributed by atoms with Crippen LogP contribution in [-0.2, 0) is 4.79 Å². The predicted octanol–water partition coefficient (Wildman–Crippen LogP) is 4.31. The molecule has 0 aliphatic heterocycles. The average Bonchev–Trinajstić information content (AvgIpc) is 2.12. The molecule has 0 N–H and O–H groups in total. The van der Waals surface area contributed by atoms with E-state index in [1.807, 2.05) is 26.0 Å². The number of ketones is 1. The smallest absolute Gasteiger partial charge is 0.145 e. The van der Waals surface area contributed by atoms with Gasteiger partial charge in [-0.15, -0.1) is 11.8 Å². The van der Waals surface area contributed by atoms with Crippen molar-refractivity contribution in [2.24, 2.45) is 5.92 Å². The molecule has 15 heavy (non-hydrogen) atoms. The first-order chi connectivity index (χ1) is 6.99. The molecule has 0 aromatic heterocycles. The van der Waals surface area contributed by atoms with Gasteiger partial charge in [0.1, 0.15) is 5.78 Å². The molecule has 0 bridgehead atoms. The standard InChI is InChI=1S/C11H12Cl2OS/c1-7(2)11(14)6-15-10-4-8(12)3-9(13)5-10/h3-5,7H,6H2,1-2H3. The quantitative estimate of drug-likeness (QED) is 0.753. The van der Waals surface area contributed by atoms with Gasteiger partial charge in [-0.2, -0.15) is 0 Å². The van der Waals surface area contributed by atoms with Crippen molar-refractivity contribution >= 4 is 40.7 Å². The van der Waals surface area contributed by atoms with E-state index in [1.54, 1.807) is 6.07 Å². The van der Waals surface area contributed by atoms with Gasteiger partial charge in [0.2, 0.25) is 0 Å². The van der Waals surface area contributed by atoms with Crippen LogP contribution in [0.25, 0.3) is 0 Å². The Hall–Kier alpha value is -0.180. The number of rotatable bonds is 4. The third-order valence-electron chi connectivity index (χ3n) is 1.86. The van der Waals surface area contributed by atoms with Crippen LogP contribution in [0, 0.1) is 5.92 Å². The van der Waals surface area contributed by atoms with E-state index >= 15 is 0 Å². The second kappa shape index (κ2) is 5.78. The molecule has 0 radical (unpaired) electrons. The number of carbonyl (C=O) groups is 1. The third-order valence-corrected chi connectivity index (χ3v) is 3.30. The van der Waals surface area contributed by atoms with Crippen molar-refractivity contribution in [2.75, 3.05) is 5.75 Å². The average molecular weight is 263 g/mol. The number of carbonyl (C=O) groups excluding carboxylic acids is 1. The minimum Gasteiger partial charge on any atom is -0.298 e. The van der Waals surface area contributed by atoms with Gasteiger partial charge in [-0.25, -0.2) is 0 Å². The van der Waals surface area contributed by atoms with Gasteiger partial charge in [-0.05, 0) is 18.2 Å². The number of Topliss-reactive ketones (excluding diaryl/α,β-unsaturated/α-hetero) is 1. The third kappa shape index (κ3) is 4.45. The Morgan fingerprint density at radius 3 is 2.27 bits per heavy atom. The van der Waals surface area contributed by atoms with E-state index in [-0.39, 0.29) is 11.7 Å². The highest BCUT2D eigenvalue weighted by atomic mass is 35.5. The molecule has 0 aliphatic rings. The van der Waals surface area contributed by atoms with Crippen molar-refractivity contribution < 1.29 is 4.79 Å². The summed E-state index contributed by atoms with van der Waals surface area (Å²) in [5.74, 6) is 0.775. The fraction of sp³-hybridized carbons (Fsp3) is 0.364. The minimum atomic E-state index is 0.0761. The van der Waals surface area contributed by atoms with Gasteiger partial charge in [-0.1, -0.05) is 37.0 Å². The first kappa shape index (κ1) is 12.9. The highest BCUT2D eigenvalue weighted by Crippen LogP contribution is 2.26. The molecular weight excluding hydrogens is 251 g/mol. The molecular formula is C11H12Cl2OS. The van der Waals surface area contributed by atoms with Crippen molar-refractivity contribution in [3.05, 3.63) is 28.2 Å². The van der Waals surface area contributed by atoms with Crippen LogP contribution in [0.5, 0.6) is 0 Å². The largest absolute Gasteiger partial charge is 0.298 e. The van der Waals surface area contributed by atoms with E-state index in [9.17, 15) is 4.79 Å². The van der Waals surface area contributed by atoms with E-state index < -0.39 is 0 Å². The second-order valence-electron chi connectivity index (χ2n) is 3.51. The SMILES string of the molecule is CC(C)C(=O)CSc1cc(Cl)cc(Cl)c1. The van der Waals surface area contributed by atoms with Gasteiger partial charge in [0.25, 0.3) is 0 Å². The van der Waals surface area contributed by atoms with Crippen LogP contribution < -0.4 is 0 Å². The summed E-state index contributed by atoms with van der Waals surface area (Å²) in [6.07, 6.45) is 0. The van der Waals surface area contributed by atoms with Crippen LogP contribution in [-0.4, -0.2) is 11.5 Å². The molecule has 0 fully saturated rings. The van der Waals surface area contributed by atoms with Crippen LogP contribution in [0.4, 0.5) is 0 Å². The van der Waals surface area contributed by atoms with Crippen molar-refractivity contribution in [1.29, 1.82) is 0 Å². The normalized spacial score (nSPS) is 10.7. The van der Waals surface area contributed by atoms with E-state index in [0.717, 1.165) is 4.90 Å². The molecule has 0 saturated heterocycles. The van der Waals surface area contributed by atoms with E-state index in [4.69, 9.17) is 23.2 Å². The second-order valence-corrected chi connectivity index (χ2v) is 5.44. The number of hydrogen-bond donors (Lipinski definition) is 0. The minimum absolute atomic E-state index is 0.0761. The van der Waals surface area contributed by atoms with Gasteiger partial charge in [-0.3, -0.25) is 4.79 Å². The maximum absolute atomic E-state index is 11.4. The summed E-state index contributed by atoms with van der Waals surface area (Å²) >= 11 is 13.2.